The second kappa shape index (κ2) is 7.73. The number of carbonyl (C=O) groups excluding carboxylic acids is 2. The number of anilines is 1. The number of carbonyl (C=O) groups is 2. The van der Waals surface area contributed by atoms with Gasteiger partial charge in [-0.25, -0.2) is 9.78 Å². The molecule has 0 aliphatic rings. The molecule has 0 spiro atoms. The van der Waals surface area contributed by atoms with Crippen LogP contribution in [0.15, 0.2) is 29.6 Å². The molecule has 1 aromatic heterocycles. The molecule has 122 valence electrons. The molecule has 1 heterocycles. The Morgan fingerprint density at radius 2 is 2.17 bits per heavy atom. The summed E-state index contributed by atoms with van der Waals surface area (Å²) >= 11 is 1.16. The van der Waals surface area contributed by atoms with Gasteiger partial charge in [-0.15, -0.1) is 11.3 Å². The Morgan fingerprint density at radius 1 is 1.39 bits per heavy atom. The minimum absolute atomic E-state index is 0.180. The van der Waals surface area contributed by atoms with Crippen LogP contribution < -0.4 is 10.1 Å². The Bertz CT molecular complexity index is 699. The van der Waals surface area contributed by atoms with Gasteiger partial charge in [0, 0.05) is 5.38 Å². The molecule has 1 aromatic carbocycles. The van der Waals surface area contributed by atoms with E-state index in [1.54, 1.807) is 25.3 Å². The minimum atomic E-state index is -0.688. The first kappa shape index (κ1) is 17.0. The van der Waals surface area contributed by atoms with Crippen LogP contribution in [0.3, 0.4) is 0 Å². The Hall–Kier alpha value is -2.41. The highest BCUT2D eigenvalue weighted by atomic mass is 32.1. The Labute approximate surface area is 138 Å². The number of rotatable bonds is 6. The molecule has 6 nitrogen and oxygen atoms in total. The summed E-state index contributed by atoms with van der Waals surface area (Å²) < 4.78 is 10.4. The van der Waals surface area contributed by atoms with Crippen LogP contribution in [0.25, 0.3) is 0 Å². The molecule has 1 unspecified atom stereocenters. The normalized spacial score (nSPS) is 11.6. The predicted octanol–water partition coefficient (Wildman–Crippen LogP) is 3.03. The maximum absolute atomic E-state index is 12.1. The Balaban J connectivity index is 1.94. The molecule has 0 bridgehead atoms. The Morgan fingerprint density at radius 3 is 2.87 bits per heavy atom. The Kier molecular flexibility index (Phi) is 5.70. The van der Waals surface area contributed by atoms with E-state index < -0.39 is 12.1 Å². The van der Waals surface area contributed by atoms with Crippen molar-refractivity contribution in [2.75, 3.05) is 11.9 Å². The van der Waals surface area contributed by atoms with E-state index in [2.05, 4.69) is 10.3 Å². The van der Waals surface area contributed by atoms with Gasteiger partial charge in [-0.2, -0.15) is 0 Å². The number of ether oxygens (including phenoxy) is 2. The van der Waals surface area contributed by atoms with E-state index in [-0.39, 0.29) is 18.2 Å². The van der Waals surface area contributed by atoms with Crippen molar-refractivity contribution in [2.45, 2.75) is 26.9 Å². The van der Waals surface area contributed by atoms with E-state index in [9.17, 15) is 9.59 Å². The van der Waals surface area contributed by atoms with E-state index in [4.69, 9.17) is 9.47 Å². The second-order valence-electron chi connectivity index (χ2n) is 4.82. The van der Waals surface area contributed by atoms with Crippen LogP contribution in [0, 0.1) is 6.92 Å². The molecular formula is C16H18N2O4S. The average Bonchev–Trinajstić information content (AvgIpc) is 2.96. The lowest BCUT2D eigenvalue weighted by Crippen LogP contribution is -2.30. The van der Waals surface area contributed by atoms with Crippen molar-refractivity contribution in [3.63, 3.8) is 0 Å². The second-order valence-corrected chi connectivity index (χ2v) is 5.68. The smallest absolute Gasteiger partial charge is 0.357 e. The van der Waals surface area contributed by atoms with Crippen molar-refractivity contribution < 1.29 is 19.1 Å². The fraction of sp³-hybridized carbons (Fsp3) is 0.312. The number of amides is 1. The van der Waals surface area contributed by atoms with Crippen molar-refractivity contribution in [1.29, 1.82) is 0 Å². The standard InChI is InChI=1S/C16H18N2O4S/c1-4-21-15(20)13-9-23-16(17-13)18-14(19)11(3)22-12-7-5-6-10(2)8-12/h5-9,11H,4H2,1-3H3,(H,17,18,19). The topological polar surface area (TPSA) is 77.5 Å². The highest BCUT2D eigenvalue weighted by Crippen LogP contribution is 2.18. The van der Waals surface area contributed by atoms with Crippen LogP contribution >= 0.6 is 11.3 Å². The molecule has 23 heavy (non-hydrogen) atoms. The number of nitrogens with one attached hydrogen (secondary N) is 1. The lowest BCUT2D eigenvalue weighted by Gasteiger charge is -2.14. The first-order valence-electron chi connectivity index (χ1n) is 7.16. The summed E-state index contributed by atoms with van der Waals surface area (Å²) in [6.07, 6.45) is -0.688. The zero-order chi connectivity index (χ0) is 16.8. The summed E-state index contributed by atoms with van der Waals surface area (Å²) in [7, 11) is 0. The number of aryl methyl sites for hydroxylation is 1. The number of aromatic nitrogens is 1. The summed E-state index contributed by atoms with van der Waals surface area (Å²) in [5.74, 6) is -0.219. The van der Waals surface area contributed by atoms with E-state index in [1.807, 2.05) is 25.1 Å². The molecule has 0 aliphatic carbocycles. The maximum Gasteiger partial charge on any atom is 0.357 e. The van der Waals surface area contributed by atoms with Crippen molar-refractivity contribution in [3.8, 4) is 5.75 Å². The van der Waals surface area contributed by atoms with Gasteiger partial charge in [0.05, 0.1) is 6.61 Å². The number of thiazole rings is 1. The summed E-state index contributed by atoms with van der Waals surface area (Å²) in [5, 5.41) is 4.50. The molecule has 1 amide bonds. The van der Waals surface area contributed by atoms with Crippen LogP contribution in [0.5, 0.6) is 5.75 Å². The summed E-state index contributed by atoms with van der Waals surface area (Å²) in [6.45, 7) is 5.60. The largest absolute Gasteiger partial charge is 0.481 e. The van der Waals surface area contributed by atoms with Crippen LogP contribution in [0.4, 0.5) is 5.13 Å². The highest BCUT2D eigenvalue weighted by molar-refractivity contribution is 7.14. The van der Waals surface area contributed by atoms with Gasteiger partial charge < -0.3 is 9.47 Å². The van der Waals surface area contributed by atoms with Crippen molar-refractivity contribution in [3.05, 3.63) is 40.9 Å². The number of hydrogen-bond donors (Lipinski definition) is 1. The van der Waals surface area contributed by atoms with Gasteiger partial charge in [0.1, 0.15) is 5.75 Å². The van der Waals surface area contributed by atoms with Crippen molar-refractivity contribution in [2.24, 2.45) is 0 Å². The van der Waals surface area contributed by atoms with E-state index in [0.29, 0.717) is 10.9 Å². The molecule has 1 atom stereocenters. The monoisotopic (exact) mass is 334 g/mol. The fourth-order valence-corrected chi connectivity index (χ4v) is 2.47. The highest BCUT2D eigenvalue weighted by Gasteiger charge is 2.18. The number of nitrogens with zero attached hydrogens (tertiary/aromatic N) is 1. The number of hydrogen-bond acceptors (Lipinski definition) is 6. The molecule has 2 rings (SSSR count). The summed E-state index contributed by atoms with van der Waals surface area (Å²) in [6, 6.07) is 7.46. The lowest BCUT2D eigenvalue weighted by atomic mass is 10.2. The molecule has 0 saturated carbocycles. The van der Waals surface area contributed by atoms with Crippen LogP contribution in [0.1, 0.15) is 29.9 Å². The SMILES string of the molecule is CCOC(=O)c1csc(NC(=O)C(C)Oc2cccc(C)c2)n1. The number of benzene rings is 1. The molecular weight excluding hydrogens is 316 g/mol. The molecule has 0 radical (unpaired) electrons. The summed E-state index contributed by atoms with van der Waals surface area (Å²) in [4.78, 5) is 27.7. The van der Waals surface area contributed by atoms with Gasteiger partial charge in [-0.05, 0) is 38.5 Å². The fourth-order valence-electron chi connectivity index (χ4n) is 1.78. The third-order valence-electron chi connectivity index (χ3n) is 2.89. The van der Waals surface area contributed by atoms with Gasteiger partial charge in [0.2, 0.25) is 0 Å². The van der Waals surface area contributed by atoms with Gasteiger partial charge in [-0.3, -0.25) is 10.1 Å². The molecule has 1 N–H and O–H groups in total. The molecule has 0 aliphatic heterocycles. The molecule has 0 fully saturated rings. The quantitative estimate of drug-likeness (QED) is 0.822. The third-order valence-corrected chi connectivity index (χ3v) is 3.65. The molecule has 2 aromatic rings. The van der Waals surface area contributed by atoms with Gasteiger partial charge in [-0.1, -0.05) is 12.1 Å². The predicted molar refractivity (Wildman–Crippen MR) is 88.0 cm³/mol. The minimum Gasteiger partial charge on any atom is -0.481 e. The molecule has 0 saturated heterocycles. The zero-order valence-electron chi connectivity index (χ0n) is 13.2. The maximum atomic E-state index is 12.1. The molecule has 7 heteroatoms. The summed E-state index contributed by atoms with van der Waals surface area (Å²) in [5.41, 5.74) is 1.23. The van der Waals surface area contributed by atoms with E-state index >= 15 is 0 Å². The van der Waals surface area contributed by atoms with Crippen molar-refractivity contribution >= 4 is 28.3 Å². The van der Waals surface area contributed by atoms with Crippen LogP contribution in [-0.4, -0.2) is 29.6 Å². The van der Waals surface area contributed by atoms with Gasteiger partial charge in [0.25, 0.3) is 5.91 Å². The zero-order valence-corrected chi connectivity index (χ0v) is 14.0. The van der Waals surface area contributed by atoms with Gasteiger partial charge >= 0.3 is 5.97 Å². The van der Waals surface area contributed by atoms with Crippen LogP contribution in [0.2, 0.25) is 0 Å². The van der Waals surface area contributed by atoms with E-state index in [0.717, 1.165) is 16.9 Å². The third kappa shape index (κ3) is 4.79. The average molecular weight is 334 g/mol. The first-order chi connectivity index (χ1) is 11.0. The number of esters is 1. The lowest BCUT2D eigenvalue weighted by molar-refractivity contribution is -0.122. The van der Waals surface area contributed by atoms with E-state index in [1.165, 1.54) is 0 Å². The van der Waals surface area contributed by atoms with Crippen LogP contribution in [-0.2, 0) is 9.53 Å². The van der Waals surface area contributed by atoms with Crippen molar-refractivity contribution in [1.82, 2.24) is 4.98 Å². The first-order valence-corrected chi connectivity index (χ1v) is 8.04. The van der Waals surface area contributed by atoms with Gasteiger partial charge in [0.15, 0.2) is 16.9 Å².